The molecule has 3 aromatic carbocycles. The van der Waals surface area contributed by atoms with Crippen molar-refractivity contribution in [3.63, 3.8) is 0 Å². The highest BCUT2D eigenvalue weighted by atomic mass is 35.5. The van der Waals surface area contributed by atoms with Crippen LogP contribution in [0.25, 0.3) is 33.2 Å². The number of carbonyl (C=O) groups excluding carboxylic acids is 2. The maximum atomic E-state index is 12.8. The molecule has 1 N–H and O–H groups in total. The van der Waals surface area contributed by atoms with Gasteiger partial charge in [0, 0.05) is 33.5 Å². The molecule has 9 heteroatoms. The zero-order valence-corrected chi connectivity index (χ0v) is 22.3. The summed E-state index contributed by atoms with van der Waals surface area (Å²) < 4.78 is 16.3. The third-order valence-electron chi connectivity index (χ3n) is 5.85. The van der Waals surface area contributed by atoms with Crippen LogP contribution in [0.2, 0.25) is 5.02 Å². The fourth-order valence-corrected chi connectivity index (χ4v) is 5.20. The topological polar surface area (TPSA) is 94.8 Å². The number of nitrogens with one attached hydrogen (secondary N) is 1. The lowest BCUT2D eigenvalue weighted by Crippen LogP contribution is -2.21. The Kier molecular flexibility index (Phi) is 7.76. The van der Waals surface area contributed by atoms with E-state index in [-0.39, 0.29) is 18.8 Å². The van der Waals surface area contributed by atoms with Crippen molar-refractivity contribution >= 4 is 50.8 Å². The van der Waals surface area contributed by atoms with Crippen LogP contribution in [-0.4, -0.2) is 25.1 Å². The standard InChI is InChI=1S/C30H22ClNO6S/c1-2-36-30(35)28-24(19-8-10-20(31)11-9-19)17-39-29(28)32-26(33)16-37-21-12-13-22-23(18-6-4-3-5-7-18)15-27(34)38-25(22)14-21/h3-15,17H,2,16H2,1H3,(H,32,33). The van der Waals surface area contributed by atoms with Crippen LogP contribution in [-0.2, 0) is 9.53 Å². The summed E-state index contributed by atoms with van der Waals surface area (Å²) in [5.41, 5.74) is 3.14. The van der Waals surface area contributed by atoms with Crippen LogP contribution in [0.15, 0.2) is 93.5 Å². The molecule has 1 amide bonds. The van der Waals surface area contributed by atoms with Gasteiger partial charge in [0.15, 0.2) is 6.61 Å². The first-order valence-corrected chi connectivity index (χ1v) is 13.3. The maximum absolute atomic E-state index is 12.8. The number of anilines is 1. The minimum absolute atomic E-state index is 0.190. The van der Waals surface area contributed by atoms with Gasteiger partial charge in [-0.25, -0.2) is 9.59 Å². The Bertz CT molecular complexity index is 1710. The molecule has 0 saturated heterocycles. The quantitative estimate of drug-likeness (QED) is 0.162. The summed E-state index contributed by atoms with van der Waals surface area (Å²) in [5, 5.41) is 6.19. The van der Waals surface area contributed by atoms with Gasteiger partial charge in [-0.1, -0.05) is 54.1 Å². The summed E-state index contributed by atoms with van der Waals surface area (Å²) in [6.07, 6.45) is 0. The molecule has 2 aromatic heterocycles. The Hall–Kier alpha value is -4.40. The molecule has 5 aromatic rings. The van der Waals surface area contributed by atoms with Crippen LogP contribution in [0.3, 0.4) is 0 Å². The van der Waals surface area contributed by atoms with Gasteiger partial charge in [-0.2, -0.15) is 0 Å². The van der Waals surface area contributed by atoms with Gasteiger partial charge in [-0.3, -0.25) is 4.79 Å². The molecule has 5 rings (SSSR count). The lowest BCUT2D eigenvalue weighted by molar-refractivity contribution is -0.118. The third-order valence-corrected chi connectivity index (χ3v) is 7.00. The second-order valence-corrected chi connectivity index (χ2v) is 9.74. The van der Waals surface area contributed by atoms with Gasteiger partial charge in [0.2, 0.25) is 0 Å². The number of thiophene rings is 1. The molecule has 39 heavy (non-hydrogen) atoms. The smallest absolute Gasteiger partial charge is 0.341 e. The predicted octanol–water partition coefficient (Wildman–Crippen LogP) is 7.04. The number of fused-ring (bicyclic) bond motifs is 1. The van der Waals surface area contributed by atoms with Crippen LogP contribution in [0.1, 0.15) is 17.3 Å². The molecule has 0 aliphatic carbocycles. The van der Waals surface area contributed by atoms with E-state index in [4.69, 9.17) is 25.5 Å². The summed E-state index contributed by atoms with van der Waals surface area (Å²) in [6.45, 7) is 1.58. The number of hydrogen-bond donors (Lipinski definition) is 1. The second kappa shape index (κ2) is 11.6. The Morgan fingerprint density at radius 2 is 1.69 bits per heavy atom. The zero-order valence-electron chi connectivity index (χ0n) is 20.7. The first-order chi connectivity index (χ1) is 18.9. The van der Waals surface area contributed by atoms with Crippen LogP contribution in [0.4, 0.5) is 5.00 Å². The molecule has 2 heterocycles. The third kappa shape index (κ3) is 5.87. The summed E-state index contributed by atoms with van der Waals surface area (Å²) in [5.74, 6) is -0.659. The fourth-order valence-electron chi connectivity index (χ4n) is 4.10. The van der Waals surface area contributed by atoms with Crippen LogP contribution >= 0.6 is 22.9 Å². The average Bonchev–Trinajstić information content (AvgIpc) is 3.35. The normalized spacial score (nSPS) is 10.8. The summed E-state index contributed by atoms with van der Waals surface area (Å²) in [6, 6.07) is 23.1. The molecule has 0 radical (unpaired) electrons. The van der Waals surface area contributed by atoms with Gasteiger partial charge in [-0.05, 0) is 47.9 Å². The van der Waals surface area contributed by atoms with E-state index in [9.17, 15) is 14.4 Å². The Morgan fingerprint density at radius 1 is 0.949 bits per heavy atom. The van der Waals surface area contributed by atoms with E-state index in [1.165, 1.54) is 17.4 Å². The van der Waals surface area contributed by atoms with Gasteiger partial charge < -0.3 is 19.2 Å². The number of rotatable bonds is 8. The molecule has 0 unspecified atom stereocenters. The van der Waals surface area contributed by atoms with Crippen molar-refractivity contribution in [2.75, 3.05) is 18.5 Å². The fraction of sp³-hybridized carbons (Fsp3) is 0.100. The van der Waals surface area contributed by atoms with Crippen molar-refractivity contribution in [3.05, 3.63) is 105 Å². The largest absolute Gasteiger partial charge is 0.484 e. The minimum atomic E-state index is -0.543. The molecule has 196 valence electrons. The van der Waals surface area contributed by atoms with E-state index in [1.807, 2.05) is 30.3 Å². The lowest BCUT2D eigenvalue weighted by atomic mass is 10.0. The minimum Gasteiger partial charge on any atom is -0.484 e. The Balaban J connectivity index is 1.34. The van der Waals surface area contributed by atoms with Gasteiger partial charge in [-0.15, -0.1) is 11.3 Å². The van der Waals surface area contributed by atoms with E-state index in [0.717, 1.165) is 22.1 Å². The van der Waals surface area contributed by atoms with Crippen molar-refractivity contribution in [1.82, 2.24) is 0 Å². The van der Waals surface area contributed by atoms with Crippen LogP contribution in [0, 0.1) is 0 Å². The van der Waals surface area contributed by atoms with Crippen molar-refractivity contribution in [2.45, 2.75) is 6.92 Å². The average molecular weight is 560 g/mol. The van der Waals surface area contributed by atoms with E-state index in [1.54, 1.807) is 54.8 Å². The first kappa shape index (κ1) is 26.2. The SMILES string of the molecule is CCOC(=O)c1c(-c2ccc(Cl)cc2)csc1NC(=O)COc1ccc2c(-c3ccccc3)cc(=O)oc2c1. The number of esters is 1. The molecule has 0 spiro atoms. The Labute approximate surface area is 232 Å². The molecule has 0 atom stereocenters. The molecule has 0 aliphatic rings. The zero-order chi connectivity index (χ0) is 27.4. The summed E-state index contributed by atoms with van der Waals surface area (Å²) >= 11 is 7.22. The number of ether oxygens (including phenoxy) is 2. The van der Waals surface area contributed by atoms with Crippen LogP contribution < -0.4 is 15.7 Å². The number of amides is 1. The second-order valence-electron chi connectivity index (χ2n) is 8.42. The van der Waals surface area contributed by atoms with Crippen molar-refractivity contribution in [2.24, 2.45) is 0 Å². The molecular weight excluding hydrogens is 538 g/mol. The van der Waals surface area contributed by atoms with Gasteiger partial charge in [0.05, 0.1) is 6.61 Å². The number of hydrogen-bond acceptors (Lipinski definition) is 7. The van der Waals surface area contributed by atoms with Crippen molar-refractivity contribution in [1.29, 1.82) is 0 Å². The van der Waals surface area contributed by atoms with Gasteiger partial charge in [0.25, 0.3) is 5.91 Å². The van der Waals surface area contributed by atoms with E-state index >= 15 is 0 Å². The number of halogens is 1. The molecule has 0 saturated carbocycles. The summed E-state index contributed by atoms with van der Waals surface area (Å²) in [7, 11) is 0. The van der Waals surface area contributed by atoms with Gasteiger partial charge in [0.1, 0.15) is 21.9 Å². The molecule has 0 bridgehead atoms. The van der Waals surface area contributed by atoms with Crippen molar-refractivity contribution < 1.29 is 23.5 Å². The van der Waals surface area contributed by atoms with Crippen LogP contribution in [0.5, 0.6) is 5.75 Å². The van der Waals surface area contributed by atoms with E-state index in [2.05, 4.69) is 5.32 Å². The molecule has 0 fully saturated rings. The maximum Gasteiger partial charge on any atom is 0.341 e. The highest BCUT2D eigenvalue weighted by Gasteiger charge is 2.23. The molecule has 0 aliphatic heterocycles. The molecule has 7 nitrogen and oxygen atoms in total. The highest BCUT2D eigenvalue weighted by Crippen LogP contribution is 2.37. The number of benzene rings is 3. The first-order valence-electron chi connectivity index (χ1n) is 12.0. The van der Waals surface area contributed by atoms with Gasteiger partial charge >= 0.3 is 11.6 Å². The van der Waals surface area contributed by atoms with E-state index in [0.29, 0.717) is 26.9 Å². The summed E-state index contributed by atoms with van der Waals surface area (Å²) in [4.78, 5) is 37.8. The highest BCUT2D eigenvalue weighted by molar-refractivity contribution is 7.15. The monoisotopic (exact) mass is 559 g/mol. The Morgan fingerprint density at radius 3 is 2.44 bits per heavy atom. The lowest BCUT2D eigenvalue weighted by Gasteiger charge is -2.11. The molecular formula is C30H22ClNO6S. The predicted molar refractivity (Wildman–Crippen MR) is 153 cm³/mol. The number of carbonyl (C=O) groups is 2. The van der Waals surface area contributed by atoms with Crippen molar-refractivity contribution in [3.8, 4) is 28.0 Å². The van der Waals surface area contributed by atoms with E-state index < -0.39 is 17.5 Å².